The minimum Gasteiger partial charge on any atom is -0.481 e. The zero-order valence-electron chi connectivity index (χ0n) is 20.9. The van der Waals surface area contributed by atoms with Crippen LogP contribution in [-0.4, -0.2) is 61.8 Å². The number of carboxylic acids is 1. The zero-order valence-corrected chi connectivity index (χ0v) is 20.9. The first-order chi connectivity index (χ1) is 16.2. The Kier molecular flexibility index (Phi) is 5.02. The number of carbonyl (C=O) groups excluding carboxylic acids is 1. The van der Waals surface area contributed by atoms with Crippen LogP contribution in [0.4, 0.5) is 0 Å². The maximum absolute atomic E-state index is 13.5. The normalized spacial score (nSPS) is 54.5. The maximum atomic E-state index is 13.5. The lowest BCUT2D eigenvalue weighted by atomic mass is 9.43. The van der Waals surface area contributed by atoms with Gasteiger partial charge >= 0.3 is 5.97 Å². The molecule has 0 aromatic heterocycles. The van der Waals surface area contributed by atoms with Gasteiger partial charge in [-0.3, -0.25) is 4.79 Å². The molecule has 6 rings (SSSR count). The van der Waals surface area contributed by atoms with Gasteiger partial charge in [-0.15, -0.1) is 0 Å². The third-order valence-electron chi connectivity index (χ3n) is 10.9. The highest BCUT2D eigenvalue weighted by Crippen LogP contribution is 2.82. The van der Waals surface area contributed by atoms with Crippen LogP contribution in [-0.2, 0) is 28.5 Å². The fourth-order valence-electron chi connectivity index (χ4n) is 9.58. The van der Waals surface area contributed by atoms with E-state index >= 15 is 0 Å². The molecule has 1 N–H and O–H groups in total. The van der Waals surface area contributed by atoms with Gasteiger partial charge in [0.25, 0.3) is 0 Å². The SMILES string of the molecule is CO[C@H]1[C@@H]2O[C@@H]2[C@H](OCC23C[C@@H]4[C@H](C)CC[C@H]4C4(C=O)CC2C=C(C(C)C)C34C(=O)O)O[C@@H]1C. The number of epoxide rings is 1. The number of methoxy groups -OCH3 is 1. The minimum absolute atomic E-state index is 0.0210. The van der Waals surface area contributed by atoms with Crippen molar-refractivity contribution in [2.24, 2.45) is 45.8 Å². The molecular formula is C27H38O7. The summed E-state index contributed by atoms with van der Waals surface area (Å²) in [7, 11) is 1.66. The van der Waals surface area contributed by atoms with Crippen molar-refractivity contribution in [2.75, 3.05) is 13.7 Å². The molecule has 12 atom stereocenters. The molecule has 5 fully saturated rings. The largest absolute Gasteiger partial charge is 0.481 e. The first kappa shape index (κ1) is 23.1. The van der Waals surface area contributed by atoms with E-state index in [1.54, 1.807) is 7.11 Å². The van der Waals surface area contributed by atoms with Crippen molar-refractivity contribution >= 4 is 12.3 Å². The van der Waals surface area contributed by atoms with Crippen LogP contribution in [0.3, 0.4) is 0 Å². The van der Waals surface area contributed by atoms with Crippen LogP contribution in [0.5, 0.6) is 0 Å². The standard InChI is InChI=1S/C27H38O7/c1-13(2)19-8-16-9-25(11-28)18-7-6-14(3)17(18)10-26(16,27(19,25)24(29)30)12-32-23-22-21(34-22)20(31-5)15(4)33-23/h8,11,13-18,20-23H,6-7,9-10,12H2,1-5H3,(H,29,30)/t14-,15-,16?,17-,18-,20-,21+,22+,23-,25?,26?,27?/m1/s1. The van der Waals surface area contributed by atoms with Crippen molar-refractivity contribution < 1.29 is 33.6 Å². The zero-order chi connectivity index (χ0) is 24.2. The second-order valence-corrected chi connectivity index (χ2v) is 12.3. The van der Waals surface area contributed by atoms with Crippen LogP contribution in [0.1, 0.15) is 53.4 Å². The number of hydrogen-bond donors (Lipinski definition) is 1. The molecule has 0 radical (unpaired) electrons. The topological polar surface area (TPSA) is 94.6 Å². The Morgan fingerprint density at radius 1 is 1.24 bits per heavy atom. The van der Waals surface area contributed by atoms with Crippen LogP contribution < -0.4 is 0 Å². The molecule has 34 heavy (non-hydrogen) atoms. The van der Waals surface area contributed by atoms with E-state index in [9.17, 15) is 14.7 Å². The molecule has 6 aliphatic rings. The van der Waals surface area contributed by atoms with Gasteiger partial charge in [0.2, 0.25) is 0 Å². The third kappa shape index (κ3) is 2.47. The lowest BCUT2D eigenvalue weighted by Crippen LogP contribution is -2.63. The summed E-state index contributed by atoms with van der Waals surface area (Å²) in [5, 5.41) is 11.0. The van der Waals surface area contributed by atoms with E-state index < -0.39 is 28.5 Å². The second kappa shape index (κ2) is 7.37. The Labute approximate surface area is 201 Å². The number of allylic oxidation sites excluding steroid dienone is 1. The molecule has 7 nitrogen and oxygen atoms in total. The van der Waals surface area contributed by atoms with Gasteiger partial charge in [-0.25, -0.2) is 0 Å². The smallest absolute Gasteiger partial charge is 0.315 e. The van der Waals surface area contributed by atoms with Crippen LogP contribution in [0, 0.1) is 45.8 Å². The summed E-state index contributed by atoms with van der Waals surface area (Å²) in [5.74, 6) is 0.188. The van der Waals surface area contributed by atoms with Crippen LogP contribution in [0.15, 0.2) is 11.6 Å². The van der Waals surface area contributed by atoms with Crippen molar-refractivity contribution in [1.82, 2.24) is 0 Å². The molecule has 4 aliphatic carbocycles. The number of carboxylic acid groups (broad SMARTS) is 1. The van der Waals surface area contributed by atoms with Gasteiger partial charge in [0, 0.05) is 12.5 Å². The number of hydrogen-bond acceptors (Lipinski definition) is 6. The van der Waals surface area contributed by atoms with Gasteiger partial charge in [-0.2, -0.15) is 0 Å². The van der Waals surface area contributed by atoms with Crippen molar-refractivity contribution in [3.8, 4) is 0 Å². The molecule has 0 aromatic rings. The monoisotopic (exact) mass is 474 g/mol. The Morgan fingerprint density at radius 3 is 2.65 bits per heavy atom. The summed E-state index contributed by atoms with van der Waals surface area (Å²) in [6.45, 7) is 8.63. The first-order valence-electron chi connectivity index (χ1n) is 13.1. The summed E-state index contributed by atoms with van der Waals surface area (Å²) < 4.78 is 24.0. The molecule has 4 unspecified atom stereocenters. The van der Waals surface area contributed by atoms with E-state index in [-0.39, 0.29) is 48.8 Å². The van der Waals surface area contributed by atoms with E-state index in [1.165, 1.54) is 0 Å². The number of fused-ring (bicyclic) bond motifs is 3. The highest BCUT2D eigenvalue weighted by molar-refractivity contribution is 5.90. The molecule has 188 valence electrons. The molecule has 0 amide bonds. The molecule has 0 aromatic carbocycles. The molecule has 2 saturated heterocycles. The number of aldehydes is 1. The molecule has 0 spiro atoms. The maximum Gasteiger partial charge on any atom is 0.315 e. The van der Waals surface area contributed by atoms with Gasteiger partial charge < -0.3 is 28.8 Å². The van der Waals surface area contributed by atoms with E-state index in [2.05, 4.69) is 26.8 Å². The van der Waals surface area contributed by atoms with Crippen LogP contribution in [0.25, 0.3) is 0 Å². The predicted octanol–water partition coefficient (Wildman–Crippen LogP) is 3.45. The summed E-state index contributed by atoms with van der Waals surface area (Å²) >= 11 is 0. The van der Waals surface area contributed by atoms with Crippen molar-refractivity contribution in [3.63, 3.8) is 0 Å². The number of aliphatic carboxylic acids is 1. The predicted molar refractivity (Wildman–Crippen MR) is 122 cm³/mol. The minimum atomic E-state index is -1.22. The average Bonchev–Trinajstić information content (AvgIpc) is 3.39. The second-order valence-electron chi connectivity index (χ2n) is 12.3. The third-order valence-corrected chi connectivity index (χ3v) is 10.9. The van der Waals surface area contributed by atoms with Gasteiger partial charge in [0.1, 0.15) is 30.0 Å². The average molecular weight is 475 g/mol. The van der Waals surface area contributed by atoms with Crippen molar-refractivity contribution in [2.45, 2.75) is 84.1 Å². The number of ether oxygens (including phenoxy) is 4. The Hall–Kier alpha value is -1.28. The lowest BCUT2D eigenvalue weighted by molar-refractivity contribution is -0.237. The summed E-state index contributed by atoms with van der Waals surface area (Å²) in [5.41, 5.74) is -1.79. The van der Waals surface area contributed by atoms with Gasteiger partial charge in [0.05, 0.1) is 18.1 Å². The van der Waals surface area contributed by atoms with Crippen molar-refractivity contribution in [1.29, 1.82) is 0 Å². The highest BCUT2D eigenvalue weighted by Gasteiger charge is 2.84. The van der Waals surface area contributed by atoms with Gasteiger partial charge in [0.15, 0.2) is 6.29 Å². The number of rotatable bonds is 7. The quantitative estimate of drug-likeness (QED) is 0.343. The van der Waals surface area contributed by atoms with Crippen LogP contribution in [0.2, 0.25) is 0 Å². The van der Waals surface area contributed by atoms with Gasteiger partial charge in [-0.1, -0.05) is 38.8 Å². The summed E-state index contributed by atoms with van der Waals surface area (Å²) in [6.07, 6.45) is 5.59. The van der Waals surface area contributed by atoms with Gasteiger partial charge in [-0.05, 0) is 55.8 Å². The van der Waals surface area contributed by atoms with E-state index in [0.29, 0.717) is 18.3 Å². The Balaban J connectivity index is 1.40. The van der Waals surface area contributed by atoms with E-state index in [0.717, 1.165) is 31.1 Å². The molecular weight excluding hydrogens is 436 g/mol. The Morgan fingerprint density at radius 2 is 2.00 bits per heavy atom. The lowest BCUT2D eigenvalue weighted by Gasteiger charge is -2.58. The van der Waals surface area contributed by atoms with E-state index in [4.69, 9.17) is 18.9 Å². The Bertz CT molecular complexity index is 928. The molecule has 2 heterocycles. The fourth-order valence-corrected chi connectivity index (χ4v) is 9.58. The molecule has 2 aliphatic heterocycles. The van der Waals surface area contributed by atoms with Crippen molar-refractivity contribution in [3.05, 3.63) is 11.6 Å². The fraction of sp³-hybridized carbons (Fsp3) is 0.852. The molecule has 3 saturated carbocycles. The molecule has 4 bridgehead atoms. The van der Waals surface area contributed by atoms with Crippen LogP contribution >= 0.6 is 0 Å². The highest BCUT2D eigenvalue weighted by atomic mass is 16.7. The molecule has 7 heteroatoms. The number of carbonyl (C=O) groups is 2. The first-order valence-corrected chi connectivity index (χ1v) is 13.1. The van der Waals surface area contributed by atoms with E-state index in [1.807, 2.05) is 6.92 Å². The summed E-state index contributed by atoms with van der Waals surface area (Å²) in [4.78, 5) is 26.6. The summed E-state index contributed by atoms with van der Waals surface area (Å²) in [6, 6.07) is 0.